The van der Waals surface area contributed by atoms with E-state index >= 15 is 0 Å². The fourth-order valence-corrected chi connectivity index (χ4v) is 4.07. The summed E-state index contributed by atoms with van der Waals surface area (Å²) < 4.78 is 7.23. The SMILES string of the molecule is CCNC(=NCc1nnc2ccccn12)NCC1CCN(Cc2ccc(OC)cc2)CC1.I. The number of aromatic nitrogens is 3. The van der Waals surface area contributed by atoms with Gasteiger partial charge in [0, 0.05) is 25.8 Å². The Morgan fingerprint density at radius 1 is 1.09 bits per heavy atom. The van der Waals surface area contributed by atoms with Crippen molar-refractivity contribution in [1.29, 1.82) is 0 Å². The Bertz CT molecular complexity index is 1010. The summed E-state index contributed by atoms with van der Waals surface area (Å²) in [6.45, 7) is 7.58. The lowest BCUT2D eigenvalue weighted by Crippen LogP contribution is -2.42. The quantitative estimate of drug-likeness (QED) is 0.249. The summed E-state index contributed by atoms with van der Waals surface area (Å²) in [7, 11) is 1.71. The van der Waals surface area contributed by atoms with Gasteiger partial charge in [-0.25, -0.2) is 4.99 Å². The Hall–Kier alpha value is -2.40. The number of guanidine groups is 1. The van der Waals surface area contributed by atoms with E-state index in [0.29, 0.717) is 12.5 Å². The minimum Gasteiger partial charge on any atom is -0.497 e. The zero-order valence-corrected chi connectivity index (χ0v) is 21.7. The molecule has 0 atom stereocenters. The molecule has 0 radical (unpaired) electrons. The Morgan fingerprint density at radius 3 is 2.61 bits per heavy atom. The van der Waals surface area contributed by atoms with Crippen molar-refractivity contribution in [3.8, 4) is 5.75 Å². The summed E-state index contributed by atoms with van der Waals surface area (Å²) in [5, 5.41) is 15.3. The van der Waals surface area contributed by atoms with Crippen molar-refractivity contribution in [2.24, 2.45) is 10.9 Å². The molecule has 0 bridgehead atoms. The highest BCUT2D eigenvalue weighted by Gasteiger charge is 2.19. The highest BCUT2D eigenvalue weighted by atomic mass is 127. The standard InChI is InChI=1S/C24H33N7O.HI/c1-3-25-24(27-17-23-29-28-22-6-4-5-13-31(22)23)26-16-19-11-14-30(15-12-19)18-20-7-9-21(32-2)10-8-20;/h4-10,13,19H,3,11-12,14-18H2,1-2H3,(H2,25,26,27);1H. The molecule has 0 saturated carbocycles. The first-order valence-electron chi connectivity index (χ1n) is 11.4. The molecule has 2 aromatic heterocycles. The molecule has 4 rings (SSSR count). The molecule has 8 nitrogen and oxygen atoms in total. The van der Waals surface area contributed by atoms with Crippen LogP contribution >= 0.6 is 24.0 Å². The van der Waals surface area contributed by atoms with E-state index in [9.17, 15) is 0 Å². The Balaban J connectivity index is 0.00000306. The number of pyridine rings is 1. The fraction of sp³-hybridized carbons (Fsp3) is 0.458. The summed E-state index contributed by atoms with van der Waals surface area (Å²) in [5.41, 5.74) is 2.18. The van der Waals surface area contributed by atoms with Gasteiger partial charge in [-0.2, -0.15) is 0 Å². The lowest BCUT2D eigenvalue weighted by molar-refractivity contribution is 0.178. The van der Waals surface area contributed by atoms with Crippen molar-refractivity contribution >= 4 is 35.6 Å². The predicted molar refractivity (Wildman–Crippen MR) is 142 cm³/mol. The number of methoxy groups -OCH3 is 1. The minimum absolute atomic E-state index is 0. The molecule has 33 heavy (non-hydrogen) atoms. The molecule has 1 aliphatic rings. The lowest BCUT2D eigenvalue weighted by Gasteiger charge is -2.32. The molecule has 1 aromatic carbocycles. The van der Waals surface area contributed by atoms with Gasteiger partial charge in [-0.05, 0) is 68.6 Å². The van der Waals surface area contributed by atoms with Gasteiger partial charge < -0.3 is 15.4 Å². The number of nitrogens with one attached hydrogen (secondary N) is 2. The van der Waals surface area contributed by atoms with E-state index in [4.69, 9.17) is 9.73 Å². The van der Waals surface area contributed by atoms with Crippen molar-refractivity contribution in [1.82, 2.24) is 30.1 Å². The monoisotopic (exact) mass is 563 g/mol. The third-order valence-electron chi connectivity index (χ3n) is 5.94. The van der Waals surface area contributed by atoms with Crippen LogP contribution in [0.2, 0.25) is 0 Å². The van der Waals surface area contributed by atoms with Crippen molar-refractivity contribution in [2.75, 3.05) is 33.3 Å². The molecule has 1 fully saturated rings. The number of rotatable bonds is 8. The van der Waals surface area contributed by atoms with E-state index < -0.39 is 0 Å². The van der Waals surface area contributed by atoms with Crippen LogP contribution in [0.25, 0.3) is 5.65 Å². The molecule has 9 heteroatoms. The lowest BCUT2D eigenvalue weighted by atomic mass is 9.96. The fourth-order valence-electron chi connectivity index (χ4n) is 4.07. The number of benzene rings is 1. The molecule has 3 aromatic rings. The molecule has 0 spiro atoms. The number of nitrogens with zero attached hydrogens (tertiary/aromatic N) is 5. The largest absolute Gasteiger partial charge is 0.497 e. The first-order chi connectivity index (χ1) is 15.7. The van der Waals surface area contributed by atoms with Gasteiger partial charge in [-0.3, -0.25) is 9.30 Å². The average Bonchev–Trinajstić information content (AvgIpc) is 3.25. The minimum atomic E-state index is 0. The summed E-state index contributed by atoms with van der Waals surface area (Å²) >= 11 is 0. The van der Waals surface area contributed by atoms with Crippen LogP contribution in [-0.4, -0.2) is 58.7 Å². The summed E-state index contributed by atoms with van der Waals surface area (Å²) in [4.78, 5) is 7.26. The van der Waals surface area contributed by atoms with E-state index in [0.717, 1.165) is 55.9 Å². The molecular weight excluding hydrogens is 529 g/mol. The number of ether oxygens (including phenoxy) is 1. The molecule has 0 amide bonds. The molecule has 1 saturated heterocycles. The van der Waals surface area contributed by atoms with Crippen LogP contribution in [0, 0.1) is 5.92 Å². The molecule has 2 N–H and O–H groups in total. The van der Waals surface area contributed by atoms with Gasteiger partial charge in [0.1, 0.15) is 12.3 Å². The number of aliphatic imine (C=N–C) groups is 1. The van der Waals surface area contributed by atoms with Crippen LogP contribution in [0.5, 0.6) is 5.75 Å². The topological polar surface area (TPSA) is 79.1 Å². The maximum Gasteiger partial charge on any atom is 0.191 e. The Labute approximate surface area is 212 Å². The summed E-state index contributed by atoms with van der Waals surface area (Å²) in [6, 6.07) is 14.3. The Kier molecular flexibility index (Phi) is 9.74. The zero-order valence-electron chi connectivity index (χ0n) is 19.4. The molecule has 178 valence electrons. The van der Waals surface area contributed by atoms with Crippen LogP contribution in [0.4, 0.5) is 0 Å². The van der Waals surface area contributed by atoms with E-state index in [1.54, 1.807) is 7.11 Å². The maximum absolute atomic E-state index is 5.25. The summed E-state index contributed by atoms with van der Waals surface area (Å²) in [6.07, 6.45) is 4.36. The van der Waals surface area contributed by atoms with Gasteiger partial charge in [-0.1, -0.05) is 18.2 Å². The van der Waals surface area contributed by atoms with Gasteiger partial charge in [-0.15, -0.1) is 34.2 Å². The second kappa shape index (κ2) is 12.7. The van der Waals surface area contributed by atoms with Crippen LogP contribution < -0.4 is 15.4 Å². The molecule has 0 unspecified atom stereocenters. The van der Waals surface area contributed by atoms with Gasteiger partial charge >= 0.3 is 0 Å². The third-order valence-corrected chi connectivity index (χ3v) is 5.94. The van der Waals surface area contributed by atoms with Gasteiger partial charge in [0.2, 0.25) is 0 Å². The third kappa shape index (κ3) is 7.04. The van der Waals surface area contributed by atoms with Crippen molar-refractivity contribution in [3.05, 3.63) is 60.0 Å². The number of hydrogen-bond acceptors (Lipinski definition) is 5. The van der Waals surface area contributed by atoms with E-state index in [2.05, 4.69) is 44.8 Å². The first kappa shape index (κ1) is 25.2. The molecular formula is C24H34IN7O. The Morgan fingerprint density at radius 2 is 1.88 bits per heavy atom. The van der Waals surface area contributed by atoms with E-state index in [-0.39, 0.29) is 24.0 Å². The van der Waals surface area contributed by atoms with Crippen LogP contribution in [0.3, 0.4) is 0 Å². The predicted octanol–water partition coefficient (Wildman–Crippen LogP) is 3.32. The van der Waals surface area contributed by atoms with Gasteiger partial charge in [0.25, 0.3) is 0 Å². The highest BCUT2D eigenvalue weighted by molar-refractivity contribution is 14.0. The highest BCUT2D eigenvalue weighted by Crippen LogP contribution is 2.19. The van der Waals surface area contributed by atoms with Crippen molar-refractivity contribution in [2.45, 2.75) is 32.9 Å². The van der Waals surface area contributed by atoms with Crippen molar-refractivity contribution < 1.29 is 4.74 Å². The summed E-state index contributed by atoms with van der Waals surface area (Å²) in [5.74, 6) is 3.24. The number of hydrogen-bond donors (Lipinski definition) is 2. The van der Waals surface area contributed by atoms with Crippen LogP contribution in [0.15, 0.2) is 53.7 Å². The number of piperidine rings is 1. The molecule has 1 aliphatic heterocycles. The van der Waals surface area contributed by atoms with E-state index in [1.165, 1.54) is 18.4 Å². The second-order valence-electron chi connectivity index (χ2n) is 8.19. The second-order valence-corrected chi connectivity index (χ2v) is 8.19. The molecule has 3 heterocycles. The van der Waals surface area contributed by atoms with Crippen LogP contribution in [-0.2, 0) is 13.1 Å². The van der Waals surface area contributed by atoms with Crippen LogP contribution in [0.1, 0.15) is 31.2 Å². The number of fused-ring (bicyclic) bond motifs is 1. The zero-order chi connectivity index (χ0) is 22.2. The van der Waals surface area contributed by atoms with E-state index in [1.807, 2.05) is 40.9 Å². The van der Waals surface area contributed by atoms with Crippen molar-refractivity contribution in [3.63, 3.8) is 0 Å². The van der Waals surface area contributed by atoms with Gasteiger partial charge in [0.15, 0.2) is 17.4 Å². The normalized spacial score (nSPS) is 15.3. The maximum atomic E-state index is 5.25. The smallest absolute Gasteiger partial charge is 0.191 e. The number of halogens is 1. The average molecular weight is 563 g/mol. The first-order valence-corrected chi connectivity index (χ1v) is 11.4. The number of likely N-dealkylation sites (tertiary alicyclic amines) is 1. The van der Waals surface area contributed by atoms with Gasteiger partial charge in [0.05, 0.1) is 7.11 Å². The molecule has 0 aliphatic carbocycles.